The van der Waals surface area contributed by atoms with Gasteiger partial charge in [-0.1, -0.05) is 0 Å². The maximum atomic E-state index is 11.5. The minimum absolute atomic E-state index is 0.241. The van der Waals surface area contributed by atoms with Crippen LogP contribution in [0.2, 0.25) is 0 Å². The normalized spacial score (nSPS) is 14.9. The topological polar surface area (TPSA) is 141 Å². The van der Waals surface area contributed by atoms with Crippen molar-refractivity contribution < 1.29 is 5.11 Å². The van der Waals surface area contributed by atoms with E-state index in [4.69, 9.17) is 9.98 Å². The molecule has 11 heteroatoms. The van der Waals surface area contributed by atoms with Crippen molar-refractivity contribution in [3.63, 3.8) is 0 Å². The number of aromatic amines is 2. The van der Waals surface area contributed by atoms with Gasteiger partial charge in [-0.2, -0.15) is 14.7 Å². The Morgan fingerprint density at radius 2 is 2.03 bits per heavy atom. The van der Waals surface area contributed by atoms with Crippen LogP contribution in [0, 0.1) is 6.92 Å². The second-order valence-electron chi connectivity index (χ2n) is 8.21. The van der Waals surface area contributed by atoms with Gasteiger partial charge in [-0.05, 0) is 56.2 Å². The Kier molecular flexibility index (Phi) is 4.54. The number of hydrogen-bond donors (Lipinski definition) is 4. The molecule has 170 valence electrons. The summed E-state index contributed by atoms with van der Waals surface area (Å²) in [5.41, 5.74) is 3.75. The van der Waals surface area contributed by atoms with Crippen LogP contribution in [-0.2, 0) is 0 Å². The van der Waals surface area contributed by atoms with Crippen molar-refractivity contribution in [1.29, 1.82) is 0 Å². The lowest BCUT2D eigenvalue weighted by Crippen LogP contribution is -2.23. The van der Waals surface area contributed by atoms with E-state index in [0.717, 1.165) is 35.3 Å². The molecule has 0 unspecified atom stereocenters. The van der Waals surface area contributed by atoms with Gasteiger partial charge in [0.1, 0.15) is 11.5 Å². The molecule has 0 aliphatic heterocycles. The van der Waals surface area contributed by atoms with Crippen LogP contribution in [0.5, 0.6) is 5.88 Å². The number of rotatable bonds is 5. The molecular weight excluding hydrogens is 434 g/mol. The van der Waals surface area contributed by atoms with Crippen LogP contribution in [0.25, 0.3) is 17.4 Å². The summed E-state index contributed by atoms with van der Waals surface area (Å²) in [6, 6.07) is 10.0. The van der Waals surface area contributed by atoms with E-state index < -0.39 is 5.69 Å². The standard InChI is InChI=1S/C23H21N9O2/c1-13-19(26-15-5-7-17(8-6-15)31-10-2-9-24-31)29-21-14(11-18-22(33)30-23(34)28-18)12-25-32(21)20(13)27-16-3-4-16/h2,5-12,16,26,33H,3-4H2,1H3,(H2,28,30,34). The Labute approximate surface area is 192 Å². The Morgan fingerprint density at radius 3 is 2.71 bits per heavy atom. The molecular formula is C23H21N9O2. The van der Waals surface area contributed by atoms with Gasteiger partial charge in [0.05, 0.1) is 17.9 Å². The third-order valence-corrected chi connectivity index (χ3v) is 5.67. The zero-order chi connectivity index (χ0) is 23.2. The molecule has 0 saturated heterocycles. The Bertz CT molecular complexity index is 1670. The van der Waals surface area contributed by atoms with E-state index in [0.29, 0.717) is 16.7 Å². The molecule has 0 spiro atoms. The number of nitrogens with zero attached hydrogens (tertiary/aromatic N) is 6. The molecule has 6 rings (SSSR count). The van der Waals surface area contributed by atoms with E-state index in [9.17, 15) is 9.90 Å². The van der Waals surface area contributed by atoms with Crippen molar-refractivity contribution >= 4 is 23.2 Å². The van der Waals surface area contributed by atoms with Crippen LogP contribution in [0.4, 0.5) is 11.5 Å². The summed E-state index contributed by atoms with van der Waals surface area (Å²) < 4.78 is 3.49. The molecule has 0 radical (unpaired) electrons. The highest BCUT2D eigenvalue weighted by atomic mass is 16.3. The highest BCUT2D eigenvalue weighted by Gasteiger charge is 2.21. The van der Waals surface area contributed by atoms with E-state index in [2.05, 4.69) is 25.5 Å². The maximum absolute atomic E-state index is 11.5. The summed E-state index contributed by atoms with van der Waals surface area (Å²) in [5.74, 6) is 0.413. The molecule has 1 fully saturated rings. The van der Waals surface area contributed by atoms with Crippen LogP contribution >= 0.6 is 0 Å². The average Bonchev–Trinajstić information content (AvgIpc) is 3.18. The predicted octanol–water partition coefficient (Wildman–Crippen LogP) is 1.30. The number of aromatic hydroxyl groups is 1. The molecule has 1 aromatic carbocycles. The Balaban J connectivity index is 1.47. The number of hydrogen-bond acceptors (Lipinski definition) is 7. The third-order valence-electron chi connectivity index (χ3n) is 5.67. The first-order valence-corrected chi connectivity index (χ1v) is 10.9. The summed E-state index contributed by atoms with van der Waals surface area (Å²) >= 11 is 0. The lowest BCUT2D eigenvalue weighted by Gasteiger charge is -2.11. The molecule has 0 atom stereocenters. The van der Waals surface area contributed by atoms with Crippen LogP contribution in [0.3, 0.4) is 0 Å². The quantitative estimate of drug-likeness (QED) is 0.315. The minimum Gasteiger partial charge on any atom is -0.493 e. The first kappa shape index (κ1) is 20.0. The summed E-state index contributed by atoms with van der Waals surface area (Å²) in [4.78, 5) is 26.1. The zero-order valence-corrected chi connectivity index (χ0v) is 18.2. The number of benzene rings is 1. The van der Waals surface area contributed by atoms with Crippen molar-refractivity contribution in [1.82, 2.24) is 34.3 Å². The van der Waals surface area contributed by atoms with Gasteiger partial charge >= 0.3 is 5.69 Å². The average molecular weight is 455 g/mol. The Hall–Kier alpha value is -4.67. The minimum atomic E-state index is -0.491. The fourth-order valence-electron chi connectivity index (χ4n) is 3.73. The molecule has 4 N–H and O–H groups in total. The van der Waals surface area contributed by atoms with Crippen molar-refractivity contribution in [3.8, 4) is 11.6 Å². The lowest BCUT2D eigenvalue weighted by atomic mass is 10.2. The summed E-state index contributed by atoms with van der Waals surface area (Å²) in [7, 11) is 0. The molecule has 4 aromatic heterocycles. The lowest BCUT2D eigenvalue weighted by molar-refractivity contribution is 0.454. The van der Waals surface area contributed by atoms with Crippen molar-refractivity contribution in [2.75, 3.05) is 5.32 Å². The van der Waals surface area contributed by atoms with Crippen LogP contribution in [0.1, 0.15) is 24.1 Å². The highest BCUT2D eigenvalue weighted by Crippen LogP contribution is 2.23. The van der Waals surface area contributed by atoms with Gasteiger partial charge in [0, 0.05) is 28.9 Å². The summed E-state index contributed by atoms with van der Waals surface area (Å²) in [6.45, 7) is 1.97. The van der Waals surface area contributed by atoms with E-state index in [1.165, 1.54) is 0 Å². The number of nitrogens with one attached hydrogen (secondary N) is 3. The maximum Gasteiger partial charge on any atom is 0.326 e. The number of imidazole rings is 1. The summed E-state index contributed by atoms with van der Waals surface area (Å²) in [5, 5.41) is 22.7. The zero-order valence-electron chi connectivity index (χ0n) is 18.2. The number of fused-ring (bicyclic) bond motifs is 1. The molecule has 5 aromatic rings. The van der Waals surface area contributed by atoms with Gasteiger partial charge in [-0.3, -0.25) is 9.98 Å². The number of aromatic nitrogens is 7. The SMILES string of the molecule is Cc1c(Nc2ccc(-n3cccn3)cc2)nc2c(=Cc3[nH]c(=O)[nH]c3O)cnn2c1=NC1CC1. The van der Waals surface area contributed by atoms with E-state index in [1.54, 1.807) is 27.7 Å². The van der Waals surface area contributed by atoms with E-state index in [1.807, 2.05) is 43.5 Å². The number of anilines is 2. The fraction of sp³-hybridized carbons (Fsp3) is 0.174. The monoisotopic (exact) mass is 455 g/mol. The molecule has 4 heterocycles. The van der Waals surface area contributed by atoms with Gasteiger partial charge < -0.3 is 15.4 Å². The van der Waals surface area contributed by atoms with Crippen LogP contribution in [-0.4, -0.2) is 45.5 Å². The van der Waals surface area contributed by atoms with Crippen molar-refractivity contribution in [3.05, 3.63) is 81.4 Å². The molecule has 1 aliphatic carbocycles. The second kappa shape index (κ2) is 7.73. The highest BCUT2D eigenvalue weighted by molar-refractivity contribution is 5.64. The predicted molar refractivity (Wildman–Crippen MR) is 125 cm³/mol. The molecule has 34 heavy (non-hydrogen) atoms. The Morgan fingerprint density at radius 1 is 1.21 bits per heavy atom. The molecule has 1 saturated carbocycles. The van der Waals surface area contributed by atoms with Gasteiger partial charge in [-0.15, -0.1) is 0 Å². The van der Waals surface area contributed by atoms with Gasteiger partial charge in [0.25, 0.3) is 0 Å². The third kappa shape index (κ3) is 3.62. The van der Waals surface area contributed by atoms with Crippen molar-refractivity contribution in [2.24, 2.45) is 4.99 Å². The first-order valence-electron chi connectivity index (χ1n) is 10.9. The molecule has 0 amide bonds. The molecule has 0 bridgehead atoms. The smallest absolute Gasteiger partial charge is 0.326 e. The fourth-order valence-corrected chi connectivity index (χ4v) is 3.73. The summed E-state index contributed by atoms with van der Waals surface area (Å²) in [6.07, 6.45) is 9.01. The van der Waals surface area contributed by atoms with E-state index >= 15 is 0 Å². The van der Waals surface area contributed by atoms with Gasteiger partial charge in [0.2, 0.25) is 5.88 Å². The van der Waals surface area contributed by atoms with E-state index in [-0.39, 0.29) is 17.6 Å². The van der Waals surface area contributed by atoms with Crippen LogP contribution in [0.15, 0.2) is 58.7 Å². The molecule has 11 nitrogen and oxygen atoms in total. The molecule has 1 aliphatic rings. The largest absolute Gasteiger partial charge is 0.493 e. The van der Waals surface area contributed by atoms with Gasteiger partial charge in [-0.25, -0.2) is 14.5 Å². The van der Waals surface area contributed by atoms with Crippen molar-refractivity contribution in [2.45, 2.75) is 25.8 Å². The second-order valence-corrected chi connectivity index (χ2v) is 8.21. The van der Waals surface area contributed by atoms with Crippen LogP contribution < -0.4 is 21.7 Å². The first-order chi connectivity index (χ1) is 16.5. The number of H-pyrrole nitrogens is 2. The van der Waals surface area contributed by atoms with Gasteiger partial charge in [0.15, 0.2) is 11.1 Å².